The molecule has 1 fully saturated rings. The molecule has 1 aliphatic carbocycles. The highest BCUT2D eigenvalue weighted by Crippen LogP contribution is 2.48. The first-order chi connectivity index (χ1) is 13.6. The third-order valence-corrected chi connectivity index (χ3v) is 7.40. The number of hydrogen-bond acceptors (Lipinski definition) is 4. The van der Waals surface area contributed by atoms with Crippen LogP contribution in [0.25, 0.3) is 0 Å². The summed E-state index contributed by atoms with van der Waals surface area (Å²) in [6, 6.07) is 4.65. The van der Waals surface area contributed by atoms with Crippen LogP contribution in [0.1, 0.15) is 19.3 Å². The van der Waals surface area contributed by atoms with Crippen LogP contribution in [0.5, 0.6) is 5.75 Å². The quantitative estimate of drug-likeness (QED) is 0.481. The molecule has 0 aliphatic heterocycles. The maximum absolute atomic E-state index is 14.9. The largest absolute Gasteiger partial charge is 0.493 e. The summed E-state index contributed by atoms with van der Waals surface area (Å²) < 4.78 is 75.8. The maximum Gasteiger partial charge on any atom is 0.238 e. The van der Waals surface area contributed by atoms with E-state index in [1.54, 1.807) is 0 Å². The van der Waals surface area contributed by atoms with Crippen LogP contribution >= 0.6 is 15.9 Å². The molecule has 2 aromatic carbocycles. The monoisotopic (exact) mass is 490 g/mol. The lowest BCUT2D eigenvalue weighted by Crippen LogP contribution is -2.30. The second-order valence-electron chi connectivity index (χ2n) is 6.66. The normalized spacial score (nSPS) is 14.9. The van der Waals surface area contributed by atoms with E-state index >= 15 is 0 Å². The zero-order valence-electron chi connectivity index (χ0n) is 15.4. The van der Waals surface area contributed by atoms with E-state index in [1.165, 1.54) is 18.2 Å². The fraction of sp³-hybridized carbons (Fsp3) is 0.263. The van der Waals surface area contributed by atoms with Crippen LogP contribution in [0.15, 0.2) is 41.4 Å². The average molecular weight is 491 g/mol. The molecule has 3 rings (SSSR count). The summed E-state index contributed by atoms with van der Waals surface area (Å²) in [6.07, 6.45) is 2.39. The summed E-state index contributed by atoms with van der Waals surface area (Å²) in [5, 5.41) is 2.44. The average Bonchev–Trinajstić information content (AvgIpc) is 3.44. The molecule has 0 radical (unpaired) electrons. The third-order valence-electron chi connectivity index (χ3n) is 4.72. The zero-order valence-corrected chi connectivity index (χ0v) is 17.8. The Morgan fingerprint density at radius 1 is 1.21 bits per heavy atom. The molecule has 2 N–H and O–H groups in total. The molecular formula is C19H18BrF3N2O3S. The Morgan fingerprint density at radius 2 is 1.90 bits per heavy atom. The molecule has 10 heteroatoms. The molecule has 1 aliphatic rings. The lowest BCUT2D eigenvalue weighted by molar-refractivity contribution is 0.384. The van der Waals surface area contributed by atoms with Crippen LogP contribution in [-0.4, -0.2) is 20.3 Å². The van der Waals surface area contributed by atoms with E-state index in [1.807, 2.05) is 0 Å². The number of rotatable bonds is 8. The van der Waals surface area contributed by atoms with E-state index in [4.69, 9.17) is 4.74 Å². The van der Waals surface area contributed by atoms with Gasteiger partial charge in [-0.1, -0.05) is 22.0 Å². The van der Waals surface area contributed by atoms with Crippen molar-refractivity contribution in [3.05, 3.63) is 58.8 Å². The summed E-state index contributed by atoms with van der Waals surface area (Å²) in [4.78, 5) is 0. The van der Waals surface area contributed by atoms with Crippen molar-refractivity contribution in [2.75, 3.05) is 17.1 Å². The van der Waals surface area contributed by atoms with Crippen LogP contribution in [0, 0.1) is 17.5 Å². The number of ether oxygens (including phenoxy) is 1. The molecule has 0 heterocycles. The molecule has 29 heavy (non-hydrogen) atoms. The predicted octanol–water partition coefficient (Wildman–Crippen LogP) is 5.47. The Hall–Kier alpha value is -2.20. The first-order valence-electron chi connectivity index (χ1n) is 8.55. The molecule has 0 saturated heterocycles. The number of halogens is 4. The Labute approximate surface area is 175 Å². The van der Waals surface area contributed by atoms with E-state index in [-0.39, 0.29) is 12.1 Å². The number of methoxy groups -OCH3 is 1. The Kier molecular flexibility index (Phi) is 5.86. The highest BCUT2D eigenvalue weighted by atomic mass is 79.9. The third kappa shape index (κ3) is 4.09. The Morgan fingerprint density at radius 3 is 2.45 bits per heavy atom. The van der Waals surface area contributed by atoms with Gasteiger partial charge in [0.15, 0.2) is 17.4 Å². The number of benzene rings is 2. The van der Waals surface area contributed by atoms with E-state index in [0.29, 0.717) is 17.3 Å². The SMILES string of the molecule is C=CCC1(S(=O)(=O)Nc2c(F)cc(OC)c(F)c2Nc2ccc(Br)cc2F)CC1. The van der Waals surface area contributed by atoms with E-state index in [2.05, 4.69) is 32.5 Å². The van der Waals surface area contributed by atoms with Gasteiger partial charge in [0.05, 0.1) is 17.5 Å². The van der Waals surface area contributed by atoms with Gasteiger partial charge in [-0.15, -0.1) is 6.58 Å². The molecular weight excluding hydrogens is 473 g/mol. The molecule has 0 unspecified atom stereocenters. The van der Waals surface area contributed by atoms with Crippen molar-refractivity contribution < 1.29 is 26.3 Å². The van der Waals surface area contributed by atoms with Gasteiger partial charge in [-0.3, -0.25) is 4.72 Å². The van der Waals surface area contributed by atoms with E-state index in [0.717, 1.165) is 19.2 Å². The smallest absolute Gasteiger partial charge is 0.238 e. The molecule has 0 aromatic heterocycles. The van der Waals surface area contributed by atoms with Gasteiger partial charge in [0.25, 0.3) is 0 Å². The highest BCUT2D eigenvalue weighted by Gasteiger charge is 2.54. The van der Waals surface area contributed by atoms with Crippen molar-refractivity contribution in [3.8, 4) is 5.75 Å². The second kappa shape index (κ2) is 7.91. The van der Waals surface area contributed by atoms with Crippen molar-refractivity contribution in [1.29, 1.82) is 0 Å². The second-order valence-corrected chi connectivity index (χ2v) is 9.65. The Bertz CT molecular complexity index is 1070. The van der Waals surface area contributed by atoms with Gasteiger partial charge in [-0.05, 0) is 37.5 Å². The first-order valence-corrected chi connectivity index (χ1v) is 10.8. The predicted molar refractivity (Wildman–Crippen MR) is 110 cm³/mol. The summed E-state index contributed by atoms with van der Waals surface area (Å²) >= 11 is 3.11. The molecule has 0 atom stereocenters. The number of allylic oxidation sites excluding steroid dienone is 1. The van der Waals surface area contributed by atoms with Crippen LogP contribution in [0.4, 0.5) is 30.2 Å². The van der Waals surface area contributed by atoms with Crippen molar-refractivity contribution in [2.24, 2.45) is 0 Å². The molecule has 0 spiro atoms. The van der Waals surface area contributed by atoms with Gasteiger partial charge < -0.3 is 10.1 Å². The van der Waals surface area contributed by atoms with Crippen LogP contribution < -0.4 is 14.8 Å². The van der Waals surface area contributed by atoms with Gasteiger partial charge in [0.1, 0.15) is 17.2 Å². The van der Waals surface area contributed by atoms with Gasteiger partial charge in [-0.2, -0.15) is 0 Å². The van der Waals surface area contributed by atoms with Gasteiger partial charge >= 0.3 is 0 Å². The summed E-state index contributed by atoms with van der Waals surface area (Å²) in [7, 11) is -2.93. The topological polar surface area (TPSA) is 67.4 Å². The number of anilines is 3. The lowest BCUT2D eigenvalue weighted by Gasteiger charge is -2.21. The van der Waals surface area contributed by atoms with Crippen molar-refractivity contribution in [3.63, 3.8) is 0 Å². The first kappa shape index (κ1) is 21.5. The zero-order chi connectivity index (χ0) is 21.4. The van der Waals surface area contributed by atoms with Crippen molar-refractivity contribution in [2.45, 2.75) is 24.0 Å². The number of nitrogens with one attached hydrogen (secondary N) is 2. The minimum Gasteiger partial charge on any atom is -0.493 e. The minimum absolute atomic E-state index is 0.173. The molecule has 1 saturated carbocycles. The van der Waals surface area contributed by atoms with E-state index in [9.17, 15) is 21.6 Å². The summed E-state index contributed by atoms with van der Waals surface area (Å²) in [5.74, 6) is -3.34. The fourth-order valence-electron chi connectivity index (χ4n) is 2.92. The van der Waals surface area contributed by atoms with Crippen molar-refractivity contribution >= 4 is 43.0 Å². The number of sulfonamides is 1. The maximum atomic E-state index is 14.9. The lowest BCUT2D eigenvalue weighted by atomic mass is 10.2. The van der Waals surface area contributed by atoms with Crippen LogP contribution in [0.2, 0.25) is 0 Å². The van der Waals surface area contributed by atoms with Crippen LogP contribution in [-0.2, 0) is 10.0 Å². The molecule has 2 aromatic rings. The minimum atomic E-state index is -4.06. The number of hydrogen-bond donors (Lipinski definition) is 2. The van der Waals surface area contributed by atoms with Crippen molar-refractivity contribution in [1.82, 2.24) is 0 Å². The summed E-state index contributed by atoms with van der Waals surface area (Å²) in [6.45, 7) is 3.55. The molecule has 156 valence electrons. The van der Waals surface area contributed by atoms with Gasteiger partial charge in [-0.25, -0.2) is 21.6 Å². The van der Waals surface area contributed by atoms with Gasteiger partial charge in [0, 0.05) is 10.5 Å². The summed E-state index contributed by atoms with van der Waals surface area (Å²) in [5.41, 5.74) is -1.41. The fourth-order valence-corrected chi connectivity index (χ4v) is 4.92. The van der Waals surface area contributed by atoms with E-state index < -0.39 is 49.3 Å². The molecule has 5 nitrogen and oxygen atoms in total. The molecule has 0 amide bonds. The standard InChI is InChI=1S/C19H18BrF3N2O3S/c1-3-6-19(7-8-19)29(26,27)25-17-13(22)10-15(28-2)16(23)18(17)24-14-5-4-11(20)9-12(14)21/h3-5,9-10,24-25H,1,6-8H2,2H3. The Balaban J connectivity index is 2.09. The van der Waals surface area contributed by atoms with Crippen LogP contribution in [0.3, 0.4) is 0 Å². The highest BCUT2D eigenvalue weighted by molar-refractivity contribution is 9.10. The van der Waals surface area contributed by atoms with Gasteiger partial charge in [0.2, 0.25) is 10.0 Å². The molecule has 0 bridgehead atoms.